The highest BCUT2D eigenvalue weighted by molar-refractivity contribution is 9.10. The molecule has 84 valence electrons. The van der Waals surface area contributed by atoms with Gasteiger partial charge in [0.15, 0.2) is 6.23 Å². The average Bonchev–Trinajstić information content (AvgIpc) is 2.75. The van der Waals surface area contributed by atoms with E-state index >= 15 is 0 Å². The lowest BCUT2D eigenvalue weighted by Crippen LogP contribution is -2.19. The van der Waals surface area contributed by atoms with Crippen LogP contribution in [0.2, 0.25) is 0 Å². The first-order valence-electron chi connectivity index (χ1n) is 5.59. The molecule has 16 heavy (non-hydrogen) atoms. The van der Waals surface area contributed by atoms with Gasteiger partial charge >= 0.3 is 0 Å². The van der Waals surface area contributed by atoms with Crippen LogP contribution in [0.1, 0.15) is 25.5 Å². The van der Waals surface area contributed by atoms with E-state index in [1.54, 1.807) is 0 Å². The van der Waals surface area contributed by atoms with Gasteiger partial charge in [0.1, 0.15) is 0 Å². The summed E-state index contributed by atoms with van der Waals surface area (Å²) in [7, 11) is 0. The maximum absolute atomic E-state index is 5.77. The number of halogens is 1. The summed E-state index contributed by atoms with van der Waals surface area (Å²) in [5.41, 5.74) is 1.13. The molecule has 1 aromatic heterocycles. The molecule has 3 rings (SSSR count). The van der Waals surface area contributed by atoms with Crippen molar-refractivity contribution in [3.8, 4) is 0 Å². The van der Waals surface area contributed by atoms with Crippen LogP contribution in [0.25, 0.3) is 10.9 Å². The van der Waals surface area contributed by atoms with Crippen molar-refractivity contribution in [2.45, 2.75) is 25.5 Å². The normalized spacial score (nSPS) is 21.4. The zero-order chi connectivity index (χ0) is 11.0. The predicted octanol–water partition coefficient (Wildman–Crippen LogP) is 3.50. The van der Waals surface area contributed by atoms with E-state index in [0.29, 0.717) is 0 Å². The van der Waals surface area contributed by atoms with E-state index < -0.39 is 0 Å². The third-order valence-corrected chi connectivity index (χ3v) is 3.64. The molecule has 1 atom stereocenters. The van der Waals surface area contributed by atoms with Crippen molar-refractivity contribution < 1.29 is 4.74 Å². The molecule has 0 saturated carbocycles. The first kappa shape index (κ1) is 10.3. The molecule has 2 aromatic rings. The van der Waals surface area contributed by atoms with Gasteiger partial charge in [-0.05, 0) is 41.3 Å². The maximum Gasteiger partial charge on any atom is 0.150 e. The van der Waals surface area contributed by atoms with Gasteiger partial charge in [0, 0.05) is 16.5 Å². The quantitative estimate of drug-likeness (QED) is 0.800. The highest BCUT2D eigenvalue weighted by atomic mass is 79.9. The Kier molecular flexibility index (Phi) is 2.69. The van der Waals surface area contributed by atoms with Crippen LogP contribution in [-0.4, -0.2) is 16.4 Å². The van der Waals surface area contributed by atoms with Crippen LogP contribution in [0.3, 0.4) is 0 Å². The highest BCUT2D eigenvalue weighted by Crippen LogP contribution is 2.30. The van der Waals surface area contributed by atoms with Crippen LogP contribution in [0.5, 0.6) is 0 Å². The number of para-hydroxylation sites is 1. The summed E-state index contributed by atoms with van der Waals surface area (Å²) in [4.78, 5) is 0. The SMILES string of the molecule is Brc1cccc2cnn([C@@H]3CCCCO3)c12. The largest absolute Gasteiger partial charge is 0.356 e. The van der Waals surface area contributed by atoms with E-state index in [2.05, 4.69) is 27.1 Å². The standard InChI is InChI=1S/C12H13BrN2O/c13-10-5-3-4-9-8-14-15(12(9)10)11-6-1-2-7-16-11/h3-5,8,11H,1-2,6-7H2/t11-/m0/s1. The van der Waals surface area contributed by atoms with Gasteiger partial charge in [-0.15, -0.1) is 0 Å². The number of fused-ring (bicyclic) bond motifs is 1. The third-order valence-electron chi connectivity index (χ3n) is 3.00. The van der Waals surface area contributed by atoms with E-state index in [4.69, 9.17) is 4.74 Å². The van der Waals surface area contributed by atoms with Crippen LogP contribution in [0.4, 0.5) is 0 Å². The summed E-state index contributed by atoms with van der Waals surface area (Å²) in [5.74, 6) is 0. The Morgan fingerprint density at radius 3 is 3.12 bits per heavy atom. The van der Waals surface area contributed by atoms with Gasteiger partial charge in [0.2, 0.25) is 0 Å². The van der Waals surface area contributed by atoms with Crippen molar-refractivity contribution in [2.24, 2.45) is 0 Å². The number of aromatic nitrogens is 2. The Morgan fingerprint density at radius 2 is 2.31 bits per heavy atom. The van der Waals surface area contributed by atoms with Crippen molar-refractivity contribution in [2.75, 3.05) is 6.61 Å². The Balaban J connectivity index is 2.09. The second-order valence-corrected chi connectivity index (χ2v) is 4.94. The molecule has 1 aliphatic rings. The second kappa shape index (κ2) is 4.18. The average molecular weight is 281 g/mol. The van der Waals surface area contributed by atoms with Gasteiger partial charge in [0.05, 0.1) is 11.7 Å². The van der Waals surface area contributed by atoms with Crippen molar-refractivity contribution in [1.29, 1.82) is 0 Å². The minimum atomic E-state index is 0.102. The van der Waals surface area contributed by atoms with Crippen LogP contribution < -0.4 is 0 Å². The molecule has 1 saturated heterocycles. The molecule has 0 radical (unpaired) electrons. The number of hydrogen-bond acceptors (Lipinski definition) is 2. The lowest BCUT2D eigenvalue weighted by Gasteiger charge is -2.23. The zero-order valence-electron chi connectivity index (χ0n) is 8.90. The van der Waals surface area contributed by atoms with E-state index in [9.17, 15) is 0 Å². The molecule has 1 fully saturated rings. The molecule has 2 heterocycles. The van der Waals surface area contributed by atoms with Gasteiger partial charge in [-0.25, -0.2) is 4.68 Å². The monoisotopic (exact) mass is 280 g/mol. The van der Waals surface area contributed by atoms with Crippen LogP contribution in [-0.2, 0) is 4.74 Å². The summed E-state index contributed by atoms with van der Waals surface area (Å²) >= 11 is 3.58. The van der Waals surface area contributed by atoms with E-state index in [-0.39, 0.29) is 6.23 Å². The number of benzene rings is 1. The van der Waals surface area contributed by atoms with Gasteiger partial charge in [-0.1, -0.05) is 12.1 Å². The summed E-state index contributed by atoms with van der Waals surface area (Å²) in [5, 5.41) is 5.60. The van der Waals surface area contributed by atoms with E-state index in [0.717, 1.165) is 34.8 Å². The fourth-order valence-electron chi connectivity index (χ4n) is 2.19. The highest BCUT2D eigenvalue weighted by Gasteiger charge is 2.19. The molecule has 3 nitrogen and oxygen atoms in total. The maximum atomic E-state index is 5.77. The lowest BCUT2D eigenvalue weighted by atomic mass is 10.2. The second-order valence-electron chi connectivity index (χ2n) is 4.09. The fourth-order valence-corrected chi connectivity index (χ4v) is 2.76. The number of hydrogen-bond donors (Lipinski definition) is 0. The molecule has 4 heteroatoms. The summed E-state index contributed by atoms with van der Waals surface area (Å²) in [6, 6.07) is 6.15. The molecule has 0 bridgehead atoms. The molecule has 0 spiro atoms. The van der Waals surface area contributed by atoms with E-state index in [1.807, 2.05) is 23.0 Å². The van der Waals surface area contributed by atoms with Gasteiger partial charge < -0.3 is 4.74 Å². The molecular weight excluding hydrogens is 268 g/mol. The molecule has 1 aliphatic heterocycles. The molecule has 0 amide bonds. The summed E-state index contributed by atoms with van der Waals surface area (Å²) in [6.45, 7) is 0.844. The Labute approximate surface area is 103 Å². The number of rotatable bonds is 1. The Bertz CT molecular complexity index is 503. The molecule has 0 N–H and O–H groups in total. The first-order chi connectivity index (χ1) is 7.86. The Hall–Kier alpha value is -0.870. The smallest absolute Gasteiger partial charge is 0.150 e. The van der Waals surface area contributed by atoms with Crippen LogP contribution in [0, 0.1) is 0 Å². The van der Waals surface area contributed by atoms with Crippen LogP contribution in [0.15, 0.2) is 28.9 Å². The van der Waals surface area contributed by atoms with Gasteiger partial charge in [-0.2, -0.15) is 5.10 Å². The first-order valence-corrected chi connectivity index (χ1v) is 6.39. The predicted molar refractivity (Wildman–Crippen MR) is 66.3 cm³/mol. The number of ether oxygens (including phenoxy) is 1. The zero-order valence-corrected chi connectivity index (χ0v) is 10.5. The van der Waals surface area contributed by atoms with Crippen molar-refractivity contribution in [3.63, 3.8) is 0 Å². The third kappa shape index (κ3) is 1.66. The lowest BCUT2D eigenvalue weighted by molar-refractivity contribution is -0.0367. The number of nitrogens with zero attached hydrogens (tertiary/aromatic N) is 2. The molecule has 0 unspecified atom stereocenters. The van der Waals surface area contributed by atoms with Crippen molar-refractivity contribution in [1.82, 2.24) is 9.78 Å². The summed E-state index contributed by atoms with van der Waals surface area (Å²) < 4.78 is 8.84. The molecular formula is C12H13BrN2O. The minimum absolute atomic E-state index is 0.102. The molecule has 0 aliphatic carbocycles. The topological polar surface area (TPSA) is 27.1 Å². The van der Waals surface area contributed by atoms with Crippen molar-refractivity contribution >= 4 is 26.8 Å². The van der Waals surface area contributed by atoms with Crippen LogP contribution >= 0.6 is 15.9 Å². The minimum Gasteiger partial charge on any atom is -0.356 e. The summed E-state index contributed by atoms with van der Waals surface area (Å²) in [6.07, 6.45) is 5.44. The van der Waals surface area contributed by atoms with Gasteiger partial charge in [0.25, 0.3) is 0 Å². The Morgan fingerprint density at radius 1 is 1.38 bits per heavy atom. The van der Waals surface area contributed by atoms with Crippen molar-refractivity contribution in [3.05, 3.63) is 28.9 Å². The van der Waals surface area contributed by atoms with E-state index in [1.165, 1.54) is 6.42 Å². The molecule has 1 aromatic carbocycles. The van der Waals surface area contributed by atoms with Gasteiger partial charge in [-0.3, -0.25) is 0 Å². The fraction of sp³-hybridized carbons (Fsp3) is 0.417.